The fraction of sp³-hybridized carbons (Fsp3) is 0. The van der Waals surface area contributed by atoms with Gasteiger partial charge in [-0.3, -0.25) is 0 Å². The van der Waals surface area contributed by atoms with Crippen LogP contribution in [0.3, 0.4) is 0 Å². The summed E-state index contributed by atoms with van der Waals surface area (Å²) in [5, 5.41) is 7.57. The molecule has 0 aliphatic rings. The van der Waals surface area contributed by atoms with E-state index in [4.69, 9.17) is 0 Å². The molecule has 5 heteroatoms. The van der Waals surface area contributed by atoms with E-state index < -0.39 is 0 Å². The van der Waals surface area contributed by atoms with Crippen molar-refractivity contribution in [3.05, 3.63) is 35.2 Å². The minimum Gasteiger partial charge on any atom is -0.237 e. The maximum absolute atomic E-state index is 4.11. The Morgan fingerprint density at radius 3 is 2.83 bits per heavy atom. The summed E-state index contributed by atoms with van der Waals surface area (Å²) in [4.78, 5) is 4.11. The van der Waals surface area contributed by atoms with Crippen LogP contribution in [0.15, 0.2) is 35.2 Å². The molecule has 0 fully saturated rings. The summed E-state index contributed by atoms with van der Waals surface area (Å²) in [6, 6.07) is 5.62. The fourth-order valence-electron chi connectivity index (χ4n) is 0.857. The monoisotopic (exact) mass is 224 g/mol. The molecule has 2 rings (SSSR count). The molecular formula is C7H5BrN4. The van der Waals surface area contributed by atoms with E-state index in [0.29, 0.717) is 0 Å². The molecule has 60 valence electrons. The van der Waals surface area contributed by atoms with Crippen LogP contribution in [0.5, 0.6) is 0 Å². The molecule has 0 unspecified atom stereocenters. The second kappa shape index (κ2) is 3.02. The van der Waals surface area contributed by atoms with E-state index in [1.807, 2.05) is 18.2 Å². The molecule has 12 heavy (non-hydrogen) atoms. The molecule has 4 nitrogen and oxygen atoms in total. The van der Waals surface area contributed by atoms with E-state index in [9.17, 15) is 0 Å². The Hall–Kier alpha value is -1.23. The molecule has 0 aliphatic heterocycles. The minimum absolute atomic E-state index is 0.752. The molecule has 0 aromatic carbocycles. The van der Waals surface area contributed by atoms with Crippen molar-refractivity contribution in [1.82, 2.24) is 20.0 Å². The van der Waals surface area contributed by atoms with Crippen LogP contribution in [0.25, 0.3) is 5.82 Å². The van der Waals surface area contributed by atoms with Crippen LogP contribution in [0, 0.1) is 0 Å². The average Bonchev–Trinajstić information content (AvgIpc) is 2.53. The van der Waals surface area contributed by atoms with Gasteiger partial charge in [-0.15, -0.1) is 5.10 Å². The summed E-state index contributed by atoms with van der Waals surface area (Å²) in [6.45, 7) is 0. The van der Waals surface area contributed by atoms with Gasteiger partial charge in [-0.2, -0.15) is 4.68 Å². The molecule has 2 heterocycles. The molecule has 0 amide bonds. The largest absolute Gasteiger partial charge is 0.237 e. The van der Waals surface area contributed by atoms with E-state index in [0.717, 1.165) is 10.4 Å². The van der Waals surface area contributed by atoms with Crippen LogP contribution in [-0.2, 0) is 0 Å². The smallest absolute Gasteiger partial charge is 0.156 e. The highest BCUT2D eigenvalue weighted by atomic mass is 79.9. The lowest BCUT2D eigenvalue weighted by Gasteiger charge is -1.97. The quantitative estimate of drug-likeness (QED) is 0.737. The molecule has 0 bridgehead atoms. The zero-order chi connectivity index (χ0) is 8.39. The first-order chi connectivity index (χ1) is 5.88. The maximum atomic E-state index is 4.11. The Morgan fingerprint density at radius 2 is 2.25 bits per heavy atom. The van der Waals surface area contributed by atoms with Crippen molar-refractivity contribution in [2.24, 2.45) is 0 Å². The predicted molar refractivity (Wildman–Crippen MR) is 46.9 cm³/mol. The molecule has 2 aromatic heterocycles. The Bertz CT molecular complexity index is 370. The average molecular weight is 225 g/mol. The number of aromatic nitrogens is 4. The summed E-state index contributed by atoms with van der Waals surface area (Å²) >= 11 is 3.30. The summed E-state index contributed by atoms with van der Waals surface area (Å²) in [5.74, 6) is 0.752. The molecule has 0 saturated carbocycles. The second-order valence-corrected chi connectivity index (χ2v) is 2.97. The zero-order valence-corrected chi connectivity index (χ0v) is 7.64. The lowest BCUT2D eigenvalue weighted by atomic mass is 10.5. The first-order valence-electron chi connectivity index (χ1n) is 3.35. The Morgan fingerprint density at radius 1 is 1.33 bits per heavy atom. The third-order valence-corrected chi connectivity index (χ3v) is 1.91. The molecule has 0 atom stereocenters. The standard InChI is InChI=1S/C7H5BrN4/c8-6-5-10-11-12(6)7-3-1-2-4-9-7/h1-5H. The van der Waals surface area contributed by atoms with Gasteiger partial charge in [0, 0.05) is 6.20 Å². The molecule has 0 aliphatic carbocycles. The van der Waals surface area contributed by atoms with Gasteiger partial charge >= 0.3 is 0 Å². The lowest BCUT2D eigenvalue weighted by molar-refractivity contribution is 0.770. The van der Waals surface area contributed by atoms with Crippen molar-refractivity contribution < 1.29 is 0 Å². The van der Waals surface area contributed by atoms with Crippen molar-refractivity contribution in [3.63, 3.8) is 0 Å². The lowest BCUT2D eigenvalue weighted by Crippen LogP contribution is -1.98. The molecule has 0 radical (unpaired) electrons. The van der Waals surface area contributed by atoms with E-state index in [-0.39, 0.29) is 0 Å². The summed E-state index contributed by atoms with van der Waals surface area (Å²) in [5.41, 5.74) is 0. The van der Waals surface area contributed by atoms with Gasteiger partial charge in [0.1, 0.15) is 4.60 Å². The Labute approximate surface area is 77.4 Å². The van der Waals surface area contributed by atoms with Gasteiger partial charge in [0.15, 0.2) is 5.82 Å². The van der Waals surface area contributed by atoms with E-state index in [2.05, 4.69) is 31.2 Å². The van der Waals surface area contributed by atoms with E-state index >= 15 is 0 Å². The second-order valence-electron chi connectivity index (χ2n) is 2.16. The van der Waals surface area contributed by atoms with E-state index in [1.165, 1.54) is 0 Å². The van der Waals surface area contributed by atoms with Gasteiger partial charge < -0.3 is 0 Å². The van der Waals surface area contributed by atoms with Crippen molar-refractivity contribution in [1.29, 1.82) is 0 Å². The third-order valence-electron chi connectivity index (χ3n) is 1.37. The van der Waals surface area contributed by atoms with Gasteiger partial charge in [0.2, 0.25) is 0 Å². The number of nitrogens with zero attached hydrogens (tertiary/aromatic N) is 4. The molecular weight excluding hydrogens is 220 g/mol. The Kier molecular flexibility index (Phi) is 1.87. The van der Waals surface area contributed by atoms with Gasteiger partial charge in [0.05, 0.1) is 6.20 Å². The van der Waals surface area contributed by atoms with Crippen LogP contribution < -0.4 is 0 Å². The van der Waals surface area contributed by atoms with Gasteiger partial charge in [-0.05, 0) is 28.1 Å². The normalized spacial score (nSPS) is 10.1. The van der Waals surface area contributed by atoms with Crippen molar-refractivity contribution in [2.75, 3.05) is 0 Å². The molecule has 2 aromatic rings. The first-order valence-corrected chi connectivity index (χ1v) is 4.15. The van der Waals surface area contributed by atoms with Crippen LogP contribution in [0.1, 0.15) is 0 Å². The maximum Gasteiger partial charge on any atom is 0.156 e. The summed E-state index contributed by atoms with van der Waals surface area (Å²) in [7, 11) is 0. The number of hydrogen-bond acceptors (Lipinski definition) is 3. The molecule has 0 spiro atoms. The van der Waals surface area contributed by atoms with Crippen LogP contribution in [0.4, 0.5) is 0 Å². The van der Waals surface area contributed by atoms with Crippen LogP contribution >= 0.6 is 15.9 Å². The van der Waals surface area contributed by atoms with E-state index in [1.54, 1.807) is 17.1 Å². The highest BCUT2D eigenvalue weighted by molar-refractivity contribution is 9.10. The predicted octanol–water partition coefficient (Wildman–Crippen LogP) is 1.42. The fourth-order valence-corrected chi connectivity index (χ4v) is 1.20. The Balaban J connectivity index is 2.51. The SMILES string of the molecule is Brc1cnnn1-c1ccccn1. The number of pyridine rings is 1. The van der Waals surface area contributed by atoms with Gasteiger partial charge in [0.25, 0.3) is 0 Å². The van der Waals surface area contributed by atoms with Gasteiger partial charge in [-0.1, -0.05) is 11.3 Å². The van der Waals surface area contributed by atoms with Crippen LogP contribution in [0.2, 0.25) is 0 Å². The third kappa shape index (κ3) is 1.23. The zero-order valence-electron chi connectivity index (χ0n) is 6.05. The minimum atomic E-state index is 0.752. The number of halogens is 1. The van der Waals surface area contributed by atoms with Crippen LogP contribution in [-0.4, -0.2) is 20.0 Å². The molecule has 0 N–H and O–H groups in total. The first kappa shape index (κ1) is 7.42. The molecule has 0 saturated heterocycles. The summed E-state index contributed by atoms with van der Waals surface area (Å²) in [6.07, 6.45) is 3.33. The topological polar surface area (TPSA) is 43.6 Å². The highest BCUT2D eigenvalue weighted by Crippen LogP contribution is 2.10. The highest BCUT2D eigenvalue weighted by Gasteiger charge is 2.01. The van der Waals surface area contributed by atoms with Gasteiger partial charge in [-0.25, -0.2) is 4.98 Å². The number of hydrogen-bond donors (Lipinski definition) is 0. The summed E-state index contributed by atoms with van der Waals surface area (Å²) < 4.78 is 2.40. The van der Waals surface area contributed by atoms with Crippen molar-refractivity contribution in [2.45, 2.75) is 0 Å². The number of rotatable bonds is 1. The van der Waals surface area contributed by atoms with Crippen molar-refractivity contribution >= 4 is 15.9 Å². The van der Waals surface area contributed by atoms with Crippen molar-refractivity contribution in [3.8, 4) is 5.82 Å².